The van der Waals surface area contributed by atoms with Crippen molar-refractivity contribution in [3.8, 4) is 5.75 Å². The molecule has 2 rings (SSSR count). The van der Waals surface area contributed by atoms with Gasteiger partial charge in [-0.2, -0.15) is 0 Å². The highest BCUT2D eigenvalue weighted by molar-refractivity contribution is 6.32. The van der Waals surface area contributed by atoms with Crippen LogP contribution in [-0.4, -0.2) is 47.0 Å². The van der Waals surface area contributed by atoms with Crippen molar-refractivity contribution in [1.29, 1.82) is 0 Å². The highest BCUT2D eigenvalue weighted by Crippen LogP contribution is 2.29. The topological polar surface area (TPSA) is 52.9 Å². The molecule has 1 heterocycles. The van der Waals surface area contributed by atoms with Crippen molar-refractivity contribution < 1.29 is 14.9 Å². The molecule has 4 nitrogen and oxygen atoms in total. The van der Waals surface area contributed by atoms with Crippen LogP contribution < -0.4 is 4.74 Å². The summed E-state index contributed by atoms with van der Waals surface area (Å²) in [4.78, 5) is 2.38. The van der Waals surface area contributed by atoms with Crippen LogP contribution in [0.4, 0.5) is 0 Å². The first-order chi connectivity index (χ1) is 10.3. The molecule has 1 atom stereocenters. The van der Waals surface area contributed by atoms with Gasteiger partial charge in [-0.05, 0) is 63.9 Å². The number of rotatable bonds is 7. The van der Waals surface area contributed by atoms with E-state index in [2.05, 4.69) is 4.90 Å². The molecule has 0 bridgehead atoms. The third kappa shape index (κ3) is 5.43. The largest absolute Gasteiger partial charge is 0.489 e. The second-order valence-electron chi connectivity index (χ2n) is 6.64. The Labute approximate surface area is 137 Å². The van der Waals surface area contributed by atoms with E-state index in [9.17, 15) is 10.2 Å². The highest BCUT2D eigenvalue weighted by Gasteiger charge is 2.17. The van der Waals surface area contributed by atoms with E-state index in [1.165, 1.54) is 12.8 Å². The average molecular weight is 328 g/mol. The van der Waals surface area contributed by atoms with E-state index in [1.807, 2.05) is 6.07 Å². The summed E-state index contributed by atoms with van der Waals surface area (Å²) in [5.74, 6) is 0.527. The van der Waals surface area contributed by atoms with Gasteiger partial charge in [-0.15, -0.1) is 0 Å². The quantitative estimate of drug-likeness (QED) is 0.808. The van der Waals surface area contributed by atoms with Gasteiger partial charge in [0, 0.05) is 6.54 Å². The van der Waals surface area contributed by atoms with Crippen LogP contribution >= 0.6 is 11.6 Å². The number of hydrogen-bond acceptors (Lipinski definition) is 4. The zero-order valence-corrected chi connectivity index (χ0v) is 14.1. The van der Waals surface area contributed by atoms with Gasteiger partial charge >= 0.3 is 0 Å². The second kappa shape index (κ2) is 7.64. The summed E-state index contributed by atoms with van der Waals surface area (Å²) in [6, 6.07) is 5.33. The second-order valence-corrected chi connectivity index (χ2v) is 7.05. The Morgan fingerprint density at radius 2 is 2.00 bits per heavy atom. The summed E-state index contributed by atoms with van der Waals surface area (Å²) in [6.45, 7) is 6.71. The van der Waals surface area contributed by atoms with E-state index >= 15 is 0 Å². The van der Waals surface area contributed by atoms with Crippen molar-refractivity contribution in [2.75, 3.05) is 26.2 Å². The Hall–Kier alpha value is -0.810. The van der Waals surface area contributed by atoms with Crippen LogP contribution in [0.5, 0.6) is 5.75 Å². The number of benzene rings is 1. The third-order valence-corrected chi connectivity index (χ3v) is 4.13. The van der Waals surface area contributed by atoms with Crippen molar-refractivity contribution in [2.45, 2.75) is 44.8 Å². The number of likely N-dealkylation sites (tertiary alicyclic amines) is 1. The maximum atomic E-state index is 10.3. The van der Waals surface area contributed by atoms with Crippen molar-refractivity contribution in [3.63, 3.8) is 0 Å². The fraction of sp³-hybridized carbons (Fsp3) is 0.647. The summed E-state index contributed by atoms with van der Waals surface area (Å²) < 4.78 is 5.51. The SMILES string of the molecule is CC(C)(O)COc1ccc(C(O)CCN2CCCC2)cc1Cl. The summed E-state index contributed by atoms with van der Waals surface area (Å²) >= 11 is 6.20. The van der Waals surface area contributed by atoms with E-state index in [1.54, 1.807) is 26.0 Å². The molecule has 1 aliphatic rings. The zero-order valence-electron chi connectivity index (χ0n) is 13.4. The first-order valence-electron chi connectivity index (χ1n) is 7.90. The molecule has 0 saturated carbocycles. The van der Waals surface area contributed by atoms with Gasteiger partial charge < -0.3 is 19.8 Å². The molecule has 5 heteroatoms. The van der Waals surface area contributed by atoms with Gasteiger partial charge in [0.05, 0.1) is 16.7 Å². The predicted octanol–water partition coefficient (Wildman–Crippen LogP) is 3.01. The lowest BCUT2D eigenvalue weighted by atomic mass is 10.1. The third-order valence-electron chi connectivity index (χ3n) is 3.84. The molecule has 0 aliphatic carbocycles. The van der Waals surface area contributed by atoms with Crippen LogP contribution in [0, 0.1) is 0 Å². The Balaban J connectivity index is 1.89. The van der Waals surface area contributed by atoms with Gasteiger partial charge in [0.15, 0.2) is 0 Å². The molecule has 1 fully saturated rings. The number of aliphatic hydroxyl groups is 2. The van der Waals surface area contributed by atoms with Gasteiger partial charge in [-0.1, -0.05) is 17.7 Å². The Morgan fingerprint density at radius 3 is 2.59 bits per heavy atom. The minimum Gasteiger partial charge on any atom is -0.489 e. The van der Waals surface area contributed by atoms with E-state index in [0.29, 0.717) is 17.2 Å². The average Bonchev–Trinajstić information content (AvgIpc) is 2.95. The predicted molar refractivity (Wildman–Crippen MR) is 88.5 cm³/mol. The first kappa shape index (κ1) is 17.5. The molecule has 0 aromatic heterocycles. The number of aliphatic hydroxyl groups excluding tert-OH is 1. The number of halogens is 1. The van der Waals surface area contributed by atoms with Crippen LogP contribution in [0.1, 0.15) is 44.8 Å². The Morgan fingerprint density at radius 1 is 1.32 bits per heavy atom. The summed E-state index contributed by atoms with van der Waals surface area (Å²) in [5, 5.41) is 20.4. The number of hydrogen-bond donors (Lipinski definition) is 2. The normalized spacial score (nSPS) is 17.7. The van der Waals surface area contributed by atoms with Crippen LogP contribution in [0.15, 0.2) is 18.2 Å². The molecule has 1 unspecified atom stereocenters. The van der Waals surface area contributed by atoms with Gasteiger partial charge in [0.1, 0.15) is 12.4 Å². The maximum Gasteiger partial charge on any atom is 0.138 e. The van der Waals surface area contributed by atoms with Crippen LogP contribution in [0.3, 0.4) is 0 Å². The summed E-state index contributed by atoms with van der Waals surface area (Å²) in [5.41, 5.74) is -0.100. The van der Waals surface area contributed by atoms with Gasteiger partial charge in [0.25, 0.3) is 0 Å². The lowest BCUT2D eigenvalue weighted by molar-refractivity contribution is 0.0285. The lowest BCUT2D eigenvalue weighted by Crippen LogP contribution is -2.27. The molecule has 2 N–H and O–H groups in total. The van der Waals surface area contributed by atoms with E-state index in [-0.39, 0.29) is 6.61 Å². The maximum absolute atomic E-state index is 10.3. The van der Waals surface area contributed by atoms with Crippen LogP contribution in [0.2, 0.25) is 5.02 Å². The molecule has 1 aromatic carbocycles. The van der Waals surface area contributed by atoms with Crippen molar-refractivity contribution >= 4 is 11.6 Å². The monoisotopic (exact) mass is 327 g/mol. The summed E-state index contributed by atoms with van der Waals surface area (Å²) in [6.07, 6.45) is 2.71. The van der Waals surface area contributed by atoms with E-state index in [0.717, 1.165) is 25.2 Å². The number of nitrogens with zero attached hydrogens (tertiary/aromatic N) is 1. The van der Waals surface area contributed by atoms with Crippen molar-refractivity contribution in [3.05, 3.63) is 28.8 Å². The van der Waals surface area contributed by atoms with Gasteiger partial charge in [-0.25, -0.2) is 0 Å². The van der Waals surface area contributed by atoms with Crippen molar-refractivity contribution in [2.24, 2.45) is 0 Å². The van der Waals surface area contributed by atoms with E-state index in [4.69, 9.17) is 16.3 Å². The molecule has 1 aliphatic heterocycles. The van der Waals surface area contributed by atoms with Crippen LogP contribution in [-0.2, 0) is 0 Å². The minimum absolute atomic E-state index is 0.170. The molecular weight excluding hydrogens is 302 g/mol. The molecule has 22 heavy (non-hydrogen) atoms. The molecule has 1 saturated heterocycles. The van der Waals surface area contributed by atoms with Gasteiger partial charge in [0.2, 0.25) is 0 Å². The zero-order chi connectivity index (χ0) is 16.2. The fourth-order valence-corrected chi connectivity index (χ4v) is 2.82. The van der Waals surface area contributed by atoms with Gasteiger partial charge in [-0.3, -0.25) is 0 Å². The van der Waals surface area contributed by atoms with Crippen molar-refractivity contribution in [1.82, 2.24) is 4.90 Å². The molecule has 0 spiro atoms. The molecule has 0 radical (unpaired) electrons. The number of ether oxygens (including phenoxy) is 1. The Kier molecular flexibility index (Phi) is 6.09. The molecule has 1 aromatic rings. The highest BCUT2D eigenvalue weighted by atomic mass is 35.5. The van der Waals surface area contributed by atoms with Crippen LogP contribution in [0.25, 0.3) is 0 Å². The smallest absolute Gasteiger partial charge is 0.138 e. The Bertz CT molecular complexity index is 481. The summed E-state index contributed by atoms with van der Waals surface area (Å²) in [7, 11) is 0. The standard InChI is InChI=1S/C17H26ClNO3/c1-17(2,21)12-22-16-6-5-13(11-14(16)18)15(20)7-10-19-8-3-4-9-19/h5-6,11,15,20-21H,3-4,7-10,12H2,1-2H3. The minimum atomic E-state index is -0.906. The fourth-order valence-electron chi connectivity index (χ4n) is 2.57. The first-order valence-corrected chi connectivity index (χ1v) is 8.28. The lowest BCUT2D eigenvalue weighted by Gasteiger charge is -2.20. The molecule has 0 amide bonds. The van der Waals surface area contributed by atoms with E-state index < -0.39 is 11.7 Å². The molecular formula is C17H26ClNO3. The molecule has 124 valence electrons.